The van der Waals surface area contributed by atoms with Crippen molar-refractivity contribution in [3.8, 4) is 11.3 Å². The second-order valence-corrected chi connectivity index (χ2v) is 10.2. The molecule has 2 aromatic carbocycles. The van der Waals surface area contributed by atoms with Crippen molar-refractivity contribution in [1.82, 2.24) is 4.57 Å². The molecule has 0 N–H and O–H groups in total. The molecule has 1 atom stereocenters. The molecular formula is C28H24ClN3O4S. The van der Waals surface area contributed by atoms with Gasteiger partial charge in [-0.3, -0.25) is 9.36 Å². The van der Waals surface area contributed by atoms with Crippen LogP contribution in [-0.2, 0) is 9.53 Å². The molecule has 0 aliphatic carbocycles. The summed E-state index contributed by atoms with van der Waals surface area (Å²) in [5.74, 6) is 0.648. The lowest BCUT2D eigenvalue weighted by Gasteiger charge is -2.25. The first-order valence-electron chi connectivity index (χ1n) is 11.5. The first kappa shape index (κ1) is 24.8. The fraction of sp³-hybridized carbons (Fsp3) is 0.179. The number of allylic oxidation sites excluding steroid dienone is 1. The number of methoxy groups -OCH3 is 1. The highest BCUT2D eigenvalue weighted by Gasteiger charge is 2.33. The maximum absolute atomic E-state index is 13.7. The SMILES string of the molecule is COC(=O)C1=C(C)N=c2s/c(=C/c3ccc(-c4cccc(Cl)c4)o3)c(=O)n2[C@@H]1c1ccc(N(C)C)cc1. The molecule has 3 heterocycles. The van der Waals surface area contributed by atoms with E-state index in [1.165, 1.54) is 18.4 Å². The molecule has 0 bridgehead atoms. The molecule has 4 aromatic rings. The van der Waals surface area contributed by atoms with Gasteiger partial charge in [0.2, 0.25) is 0 Å². The molecule has 0 fully saturated rings. The molecule has 0 unspecified atom stereocenters. The van der Waals surface area contributed by atoms with E-state index in [2.05, 4.69) is 4.99 Å². The topological polar surface area (TPSA) is 77.0 Å². The van der Waals surface area contributed by atoms with Gasteiger partial charge in [0.25, 0.3) is 5.56 Å². The number of carbonyl (C=O) groups excluding carboxylic acids is 1. The molecule has 9 heteroatoms. The van der Waals surface area contributed by atoms with Crippen molar-refractivity contribution in [1.29, 1.82) is 0 Å². The van der Waals surface area contributed by atoms with Crippen LogP contribution in [0, 0.1) is 0 Å². The van der Waals surface area contributed by atoms with E-state index in [0.29, 0.717) is 37.1 Å². The van der Waals surface area contributed by atoms with Gasteiger partial charge in [-0.05, 0) is 48.9 Å². The van der Waals surface area contributed by atoms with Gasteiger partial charge < -0.3 is 14.1 Å². The van der Waals surface area contributed by atoms with Crippen LogP contribution in [0.25, 0.3) is 17.4 Å². The normalized spacial score (nSPS) is 15.4. The molecule has 0 saturated heterocycles. The lowest BCUT2D eigenvalue weighted by atomic mass is 9.95. The molecule has 1 aliphatic heterocycles. The molecule has 0 radical (unpaired) electrons. The van der Waals surface area contributed by atoms with E-state index in [-0.39, 0.29) is 5.56 Å². The largest absolute Gasteiger partial charge is 0.466 e. The summed E-state index contributed by atoms with van der Waals surface area (Å²) >= 11 is 7.36. The van der Waals surface area contributed by atoms with Crippen LogP contribution in [0.15, 0.2) is 86.1 Å². The summed E-state index contributed by atoms with van der Waals surface area (Å²) in [6.07, 6.45) is 1.70. The Hall–Kier alpha value is -3.88. The highest BCUT2D eigenvalue weighted by atomic mass is 35.5. The Bertz CT molecular complexity index is 1710. The molecule has 188 valence electrons. The Balaban J connectivity index is 1.63. The van der Waals surface area contributed by atoms with Crippen molar-refractivity contribution < 1.29 is 13.9 Å². The van der Waals surface area contributed by atoms with Crippen molar-refractivity contribution in [3.05, 3.63) is 108 Å². The first-order valence-corrected chi connectivity index (χ1v) is 12.7. The first-order chi connectivity index (χ1) is 17.8. The zero-order chi connectivity index (χ0) is 26.3. The predicted molar refractivity (Wildman–Crippen MR) is 146 cm³/mol. The van der Waals surface area contributed by atoms with Gasteiger partial charge in [-0.1, -0.05) is 47.2 Å². The van der Waals surface area contributed by atoms with Gasteiger partial charge in [-0.2, -0.15) is 0 Å². The van der Waals surface area contributed by atoms with Crippen molar-refractivity contribution in [2.45, 2.75) is 13.0 Å². The average Bonchev–Trinajstić information content (AvgIpc) is 3.47. The van der Waals surface area contributed by atoms with Crippen LogP contribution in [0.4, 0.5) is 5.69 Å². The van der Waals surface area contributed by atoms with Crippen molar-refractivity contribution in [3.63, 3.8) is 0 Å². The minimum Gasteiger partial charge on any atom is -0.466 e. The number of ether oxygens (including phenoxy) is 1. The molecule has 0 spiro atoms. The Morgan fingerprint density at radius 1 is 1.16 bits per heavy atom. The third-order valence-corrected chi connectivity index (χ3v) is 7.38. The molecule has 0 amide bonds. The van der Waals surface area contributed by atoms with Crippen LogP contribution in [0.2, 0.25) is 5.02 Å². The van der Waals surface area contributed by atoms with Gasteiger partial charge in [-0.15, -0.1) is 0 Å². The van der Waals surface area contributed by atoms with Gasteiger partial charge in [0.1, 0.15) is 11.5 Å². The minimum atomic E-state index is -0.666. The lowest BCUT2D eigenvalue weighted by molar-refractivity contribution is -0.136. The fourth-order valence-corrected chi connectivity index (χ4v) is 5.54. The molecular weight excluding hydrogens is 510 g/mol. The smallest absolute Gasteiger partial charge is 0.338 e. The van der Waals surface area contributed by atoms with Crippen LogP contribution in [0.3, 0.4) is 0 Å². The van der Waals surface area contributed by atoms with Crippen molar-refractivity contribution in [2.75, 3.05) is 26.1 Å². The van der Waals surface area contributed by atoms with Crippen molar-refractivity contribution >= 4 is 40.7 Å². The highest BCUT2D eigenvalue weighted by Crippen LogP contribution is 2.31. The average molecular weight is 534 g/mol. The molecule has 1 aliphatic rings. The van der Waals surface area contributed by atoms with Gasteiger partial charge >= 0.3 is 5.97 Å². The number of esters is 1. The number of benzene rings is 2. The monoisotopic (exact) mass is 533 g/mol. The molecule has 0 saturated carbocycles. The number of nitrogens with zero attached hydrogens (tertiary/aromatic N) is 3. The Labute approximate surface area is 222 Å². The fourth-order valence-electron chi connectivity index (χ4n) is 4.32. The van der Waals surface area contributed by atoms with E-state index >= 15 is 0 Å². The number of thiazole rings is 1. The lowest BCUT2D eigenvalue weighted by Crippen LogP contribution is -2.39. The standard InChI is InChI=1S/C28H24ClN3O4S/c1-16-24(27(34)35-4)25(17-8-10-20(11-9-17)31(2)3)32-26(33)23(37-28(32)30-16)15-21-12-13-22(36-21)18-6-5-7-19(29)14-18/h5-15,25H,1-4H3/b23-15+/t25-/m1/s1. The van der Waals surface area contributed by atoms with Gasteiger partial charge in [0, 0.05) is 36.4 Å². The Morgan fingerprint density at radius 3 is 2.59 bits per heavy atom. The zero-order valence-corrected chi connectivity index (χ0v) is 22.3. The van der Waals surface area contributed by atoms with Gasteiger partial charge in [0.05, 0.1) is 29.0 Å². The third-order valence-electron chi connectivity index (χ3n) is 6.16. The molecule has 37 heavy (non-hydrogen) atoms. The molecule has 2 aromatic heterocycles. The van der Waals surface area contributed by atoms with E-state index in [1.54, 1.807) is 29.7 Å². The third kappa shape index (κ3) is 4.65. The summed E-state index contributed by atoms with van der Waals surface area (Å²) in [4.78, 5) is 33.6. The summed E-state index contributed by atoms with van der Waals surface area (Å²) < 4.78 is 13.1. The second-order valence-electron chi connectivity index (χ2n) is 8.77. The second kappa shape index (κ2) is 9.88. The van der Waals surface area contributed by atoms with Crippen molar-refractivity contribution in [2.24, 2.45) is 4.99 Å². The van der Waals surface area contributed by atoms with Crippen LogP contribution in [0.5, 0.6) is 0 Å². The van der Waals surface area contributed by atoms with E-state index in [9.17, 15) is 9.59 Å². The Morgan fingerprint density at radius 2 is 1.92 bits per heavy atom. The number of anilines is 1. The van der Waals surface area contributed by atoms with E-state index in [4.69, 9.17) is 20.8 Å². The van der Waals surface area contributed by atoms with E-state index in [0.717, 1.165) is 16.8 Å². The van der Waals surface area contributed by atoms with Gasteiger partial charge in [0.15, 0.2) is 4.80 Å². The van der Waals surface area contributed by atoms with Crippen LogP contribution < -0.4 is 19.8 Å². The number of carbonyl (C=O) groups is 1. The quantitative estimate of drug-likeness (QED) is 0.356. The summed E-state index contributed by atoms with van der Waals surface area (Å²) in [5, 5.41) is 0.610. The zero-order valence-electron chi connectivity index (χ0n) is 20.7. The number of aromatic nitrogens is 1. The van der Waals surface area contributed by atoms with E-state index < -0.39 is 12.0 Å². The minimum absolute atomic E-state index is 0.264. The van der Waals surface area contributed by atoms with Crippen LogP contribution >= 0.6 is 22.9 Å². The van der Waals surface area contributed by atoms with Gasteiger partial charge in [-0.25, -0.2) is 9.79 Å². The number of furan rings is 1. The Kier molecular flexibility index (Phi) is 6.62. The summed E-state index contributed by atoms with van der Waals surface area (Å²) in [5.41, 5.74) is 3.22. The summed E-state index contributed by atoms with van der Waals surface area (Å²) in [6, 6.07) is 18.1. The van der Waals surface area contributed by atoms with E-state index in [1.807, 2.05) is 67.5 Å². The summed E-state index contributed by atoms with van der Waals surface area (Å²) in [7, 11) is 5.23. The van der Waals surface area contributed by atoms with Crippen LogP contribution in [-0.4, -0.2) is 31.7 Å². The molecule has 7 nitrogen and oxygen atoms in total. The number of hydrogen-bond donors (Lipinski definition) is 0. The maximum Gasteiger partial charge on any atom is 0.338 e. The number of halogens is 1. The maximum atomic E-state index is 13.7. The highest BCUT2D eigenvalue weighted by molar-refractivity contribution is 7.07. The summed E-state index contributed by atoms with van der Waals surface area (Å²) in [6.45, 7) is 1.76. The number of fused-ring (bicyclic) bond motifs is 1. The van der Waals surface area contributed by atoms with Crippen LogP contribution in [0.1, 0.15) is 24.3 Å². The predicted octanol–water partition coefficient (Wildman–Crippen LogP) is 4.39. The molecule has 5 rings (SSSR count). The number of hydrogen-bond acceptors (Lipinski definition) is 7. The number of rotatable bonds is 5.